The van der Waals surface area contributed by atoms with E-state index in [0.717, 1.165) is 32.7 Å². The highest BCUT2D eigenvalue weighted by molar-refractivity contribution is 5.24. The molecule has 1 aromatic rings. The molecule has 1 atom stereocenters. The van der Waals surface area contributed by atoms with Crippen LogP contribution in [-0.2, 0) is 11.3 Å². The molecule has 0 saturated carbocycles. The SMILES string of the molecule is CCCCOCc1ccc(C(C)CNCCC)cc1. The summed E-state index contributed by atoms with van der Waals surface area (Å²) in [6.07, 6.45) is 3.54. The molecule has 0 aliphatic rings. The first-order valence-electron chi connectivity index (χ1n) is 7.65. The van der Waals surface area contributed by atoms with Gasteiger partial charge >= 0.3 is 0 Å². The number of hydrogen-bond acceptors (Lipinski definition) is 2. The Bertz CT molecular complexity index is 321. The van der Waals surface area contributed by atoms with Crippen LogP contribution in [0.4, 0.5) is 0 Å². The molecule has 0 fully saturated rings. The van der Waals surface area contributed by atoms with Gasteiger partial charge in [0.05, 0.1) is 6.61 Å². The Morgan fingerprint density at radius 3 is 2.47 bits per heavy atom. The van der Waals surface area contributed by atoms with Crippen molar-refractivity contribution in [3.8, 4) is 0 Å². The van der Waals surface area contributed by atoms with E-state index in [1.165, 1.54) is 24.0 Å². The average Bonchev–Trinajstić information content (AvgIpc) is 2.44. The zero-order valence-corrected chi connectivity index (χ0v) is 12.7. The Morgan fingerprint density at radius 1 is 1.11 bits per heavy atom. The van der Waals surface area contributed by atoms with E-state index in [1.807, 2.05) is 0 Å². The summed E-state index contributed by atoms with van der Waals surface area (Å²) >= 11 is 0. The maximum absolute atomic E-state index is 5.63. The highest BCUT2D eigenvalue weighted by Gasteiger charge is 2.04. The minimum absolute atomic E-state index is 0.571. The van der Waals surface area contributed by atoms with Gasteiger partial charge < -0.3 is 10.1 Å². The van der Waals surface area contributed by atoms with Gasteiger partial charge in [-0.25, -0.2) is 0 Å². The Hall–Kier alpha value is -0.860. The van der Waals surface area contributed by atoms with Crippen molar-refractivity contribution in [2.24, 2.45) is 0 Å². The molecule has 0 aliphatic carbocycles. The molecule has 0 amide bonds. The highest BCUT2D eigenvalue weighted by Crippen LogP contribution is 2.15. The lowest BCUT2D eigenvalue weighted by Crippen LogP contribution is -2.20. The van der Waals surface area contributed by atoms with Gasteiger partial charge in [-0.2, -0.15) is 0 Å². The fourth-order valence-corrected chi connectivity index (χ4v) is 1.99. The number of hydrogen-bond donors (Lipinski definition) is 1. The van der Waals surface area contributed by atoms with Crippen LogP contribution in [0.3, 0.4) is 0 Å². The van der Waals surface area contributed by atoms with E-state index in [9.17, 15) is 0 Å². The molecule has 0 spiro atoms. The zero-order valence-electron chi connectivity index (χ0n) is 12.7. The molecule has 1 N–H and O–H groups in total. The summed E-state index contributed by atoms with van der Waals surface area (Å²) in [5.74, 6) is 0.571. The standard InChI is InChI=1S/C17H29NO/c1-4-6-12-19-14-16-7-9-17(10-8-16)15(3)13-18-11-5-2/h7-10,15,18H,4-6,11-14H2,1-3H3. The van der Waals surface area contributed by atoms with Gasteiger partial charge in [-0.15, -0.1) is 0 Å². The van der Waals surface area contributed by atoms with Gasteiger partial charge in [0.15, 0.2) is 0 Å². The van der Waals surface area contributed by atoms with Crippen LogP contribution in [0.15, 0.2) is 24.3 Å². The molecular formula is C17H29NO. The van der Waals surface area contributed by atoms with E-state index < -0.39 is 0 Å². The Labute approximate surface area is 118 Å². The summed E-state index contributed by atoms with van der Waals surface area (Å²) in [6, 6.07) is 8.85. The number of unbranched alkanes of at least 4 members (excludes halogenated alkanes) is 1. The van der Waals surface area contributed by atoms with Crippen LogP contribution in [0.2, 0.25) is 0 Å². The van der Waals surface area contributed by atoms with Crippen LogP contribution >= 0.6 is 0 Å². The Kier molecular flexibility index (Phi) is 8.52. The molecule has 19 heavy (non-hydrogen) atoms. The van der Waals surface area contributed by atoms with Crippen molar-refractivity contribution in [1.29, 1.82) is 0 Å². The summed E-state index contributed by atoms with van der Waals surface area (Å²) in [5, 5.41) is 3.47. The van der Waals surface area contributed by atoms with Crippen LogP contribution < -0.4 is 5.32 Å². The Morgan fingerprint density at radius 2 is 1.84 bits per heavy atom. The minimum Gasteiger partial charge on any atom is -0.377 e. The lowest BCUT2D eigenvalue weighted by atomic mass is 10.00. The second-order valence-corrected chi connectivity index (χ2v) is 5.25. The number of ether oxygens (including phenoxy) is 1. The zero-order chi connectivity index (χ0) is 13.9. The van der Waals surface area contributed by atoms with E-state index in [-0.39, 0.29) is 0 Å². The Balaban J connectivity index is 2.33. The van der Waals surface area contributed by atoms with E-state index in [1.54, 1.807) is 0 Å². The third kappa shape index (κ3) is 6.74. The molecule has 108 valence electrons. The van der Waals surface area contributed by atoms with E-state index in [0.29, 0.717) is 5.92 Å². The van der Waals surface area contributed by atoms with Crippen molar-refractivity contribution in [3.63, 3.8) is 0 Å². The van der Waals surface area contributed by atoms with Gasteiger partial charge in [0.1, 0.15) is 0 Å². The van der Waals surface area contributed by atoms with Gasteiger partial charge in [0.2, 0.25) is 0 Å². The fraction of sp³-hybridized carbons (Fsp3) is 0.647. The number of benzene rings is 1. The highest BCUT2D eigenvalue weighted by atomic mass is 16.5. The monoisotopic (exact) mass is 263 g/mol. The van der Waals surface area contributed by atoms with Crippen LogP contribution in [0, 0.1) is 0 Å². The average molecular weight is 263 g/mol. The molecule has 0 radical (unpaired) electrons. The third-order valence-corrected chi connectivity index (χ3v) is 3.34. The summed E-state index contributed by atoms with van der Waals surface area (Å²) in [6.45, 7) is 10.4. The fourth-order valence-electron chi connectivity index (χ4n) is 1.99. The number of rotatable bonds is 10. The molecule has 0 saturated heterocycles. The molecule has 0 aliphatic heterocycles. The molecule has 2 heteroatoms. The molecule has 1 aromatic carbocycles. The molecule has 2 nitrogen and oxygen atoms in total. The van der Waals surface area contributed by atoms with Crippen molar-refractivity contribution < 1.29 is 4.74 Å². The van der Waals surface area contributed by atoms with Crippen molar-refractivity contribution in [2.75, 3.05) is 19.7 Å². The second kappa shape index (κ2) is 9.99. The maximum Gasteiger partial charge on any atom is 0.0716 e. The van der Waals surface area contributed by atoms with Gasteiger partial charge in [-0.3, -0.25) is 0 Å². The molecule has 0 bridgehead atoms. The van der Waals surface area contributed by atoms with E-state index in [4.69, 9.17) is 4.74 Å². The summed E-state index contributed by atoms with van der Waals surface area (Å²) in [5.41, 5.74) is 2.68. The maximum atomic E-state index is 5.63. The van der Waals surface area contributed by atoms with Crippen LogP contribution in [0.5, 0.6) is 0 Å². The van der Waals surface area contributed by atoms with Crippen LogP contribution in [0.25, 0.3) is 0 Å². The van der Waals surface area contributed by atoms with E-state index in [2.05, 4.69) is 50.4 Å². The predicted octanol–water partition coefficient (Wildman–Crippen LogP) is 4.11. The first-order chi connectivity index (χ1) is 9.27. The normalized spacial score (nSPS) is 12.6. The largest absolute Gasteiger partial charge is 0.377 e. The van der Waals surface area contributed by atoms with Crippen molar-refractivity contribution in [3.05, 3.63) is 35.4 Å². The summed E-state index contributed by atoms with van der Waals surface area (Å²) in [4.78, 5) is 0. The lowest BCUT2D eigenvalue weighted by Gasteiger charge is -2.13. The smallest absolute Gasteiger partial charge is 0.0716 e. The summed E-state index contributed by atoms with van der Waals surface area (Å²) in [7, 11) is 0. The third-order valence-electron chi connectivity index (χ3n) is 3.34. The first kappa shape index (κ1) is 16.2. The van der Waals surface area contributed by atoms with Gasteiger partial charge in [-0.1, -0.05) is 51.5 Å². The van der Waals surface area contributed by atoms with Crippen LogP contribution in [0.1, 0.15) is 57.1 Å². The topological polar surface area (TPSA) is 21.3 Å². The second-order valence-electron chi connectivity index (χ2n) is 5.25. The quantitative estimate of drug-likeness (QED) is 0.642. The molecule has 1 unspecified atom stereocenters. The lowest BCUT2D eigenvalue weighted by molar-refractivity contribution is 0.118. The van der Waals surface area contributed by atoms with Crippen molar-refractivity contribution in [1.82, 2.24) is 5.32 Å². The van der Waals surface area contributed by atoms with Gasteiger partial charge in [0.25, 0.3) is 0 Å². The number of nitrogens with one attached hydrogen (secondary N) is 1. The molecule has 1 rings (SSSR count). The van der Waals surface area contributed by atoms with Gasteiger partial charge in [0, 0.05) is 13.2 Å². The molecular weight excluding hydrogens is 234 g/mol. The first-order valence-corrected chi connectivity index (χ1v) is 7.65. The molecule has 0 heterocycles. The minimum atomic E-state index is 0.571. The van der Waals surface area contributed by atoms with Crippen molar-refractivity contribution in [2.45, 2.75) is 52.6 Å². The predicted molar refractivity (Wildman–Crippen MR) is 82.6 cm³/mol. The van der Waals surface area contributed by atoms with Crippen LogP contribution in [-0.4, -0.2) is 19.7 Å². The van der Waals surface area contributed by atoms with Gasteiger partial charge in [-0.05, 0) is 36.4 Å². The summed E-state index contributed by atoms with van der Waals surface area (Å²) < 4.78 is 5.63. The van der Waals surface area contributed by atoms with E-state index >= 15 is 0 Å². The van der Waals surface area contributed by atoms with Crippen molar-refractivity contribution >= 4 is 0 Å². The molecule has 0 aromatic heterocycles.